The Bertz CT molecular complexity index is 1070. The summed E-state index contributed by atoms with van der Waals surface area (Å²) in [5.41, 5.74) is 3.96. The Balaban J connectivity index is 1.99. The van der Waals surface area contributed by atoms with Crippen LogP contribution in [0.4, 0.5) is 5.69 Å². The van der Waals surface area contributed by atoms with E-state index in [-0.39, 0.29) is 12.3 Å². The fourth-order valence-electron chi connectivity index (χ4n) is 4.83. The number of halogens is 1. The largest absolute Gasteiger partial charge is 0.491 e. The number of aliphatic carboxylic acids is 1. The Kier molecular flexibility index (Phi) is 10.2. The van der Waals surface area contributed by atoms with E-state index in [0.717, 1.165) is 61.7 Å². The van der Waals surface area contributed by atoms with Crippen molar-refractivity contribution >= 4 is 29.2 Å². The lowest BCUT2D eigenvalue weighted by atomic mass is 9.91. The van der Waals surface area contributed by atoms with Crippen molar-refractivity contribution in [3.05, 3.63) is 70.8 Å². The number of carboxylic acid groups (broad SMARTS) is 1. The molecule has 1 aliphatic rings. The summed E-state index contributed by atoms with van der Waals surface area (Å²) in [4.78, 5) is 26.2. The summed E-state index contributed by atoms with van der Waals surface area (Å²) in [7, 11) is 1.28. The second-order valence-electron chi connectivity index (χ2n) is 9.23. The quantitative estimate of drug-likeness (QED) is 0.202. The molecule has 0 bridgehead atoms. The molecule has 2 aromatic carbocycles. The van der Waals surface area contributed by atoms with E-state index in [9.17, 15) is 14.7 Å². The molecule has 194 valence electrons. The molecule has 3 rings (SSSR count). The summed E-state index contributed by atoms with van der Waals surface area (Å²) in [6.07, 6.45) is 6.50. The zero-order valence-corrected chi connectivity index (χ0v) is 21.9. The van der Waals surface area contributed by atoms with Crippen molar-refractivity contribution in [3.8, 4) is 5.75 Å². The molecule has 36 heavy (non-hydrogen) atoms. The van der Waals surface area contributed by atoms with Crippen LogP contribution in [0.25, 0.3) is 0 Å². The molecule has 0 saturated heterocycles. The Hall–Kier alpha value is -2.99. The van der Waals surface area contributed by atoms with Crippen molar-refractivity contribution in [3.63, 3.8) is 0 Å². The fraction of sp³-hybridized carbons (Fsp3) is 0.448. The fourth-order valence-corrected chi connectivity index (χ4v) is 5.03. The van der Waals surface area contributed by atoms with Gasteiger partial charge in [0.2, 0.25) is 0 Å². The van der Waals surface area contributed by atoms with Crippen molar-refractivity contribution in [2.24, 2.45) is 0 Å². The number of fused-ring (bicyclic) bond motifs is 1. The maximum absolute atomic E-state index is 12.4. The Morgan fingerprint density at radius 3 is 2.78 bits per heavy atom. The number of allylic oxidation sites excluding steroid dienone is 1. The molecule has 0 saturated carbocycles. The summed E-state index contributed by atoms with van der Waals surface area (Å²) >= 11 is 6.31. The summed E-state index contributed by atoms with van der Waals surface area (Å²) < 4.78 is 11.2. The zero-order chi connectivity index (χ0) is 26.1. The number of anilines is 1. The first-order valence-corrected chi connectivity index (χ1v) is 13.0. The highest BCUT2D eigenvalue weighted by molar-refractivity contribution is 6.30. The van der Waals surface area contributed by atoms with Gasteiger partial charge in [-0.25, -0.2) is 0 Å². The number of carbonyl (C=O) groups excluding carboxylic acids is 1. The SMILES string of the molecule is C=CCCCCN1CC(c2ccc(Cl)cc2CCC)COc2ccc(C(CC(=O)O)C(=O)OC)cc21. The van der Waals surface area contributed by atoms with Gasteiger partial charge in [-0.15, -0.1) is 6.58 Å². The molecule has 0 amide bonds. The van der Waals surface area contributed by atoms with Crippen LogP contribution in [-0.2, 0) is 20.7 Å². The van der Waals surface area contributed by atoms with Crippen LogP contribution in [0.5, 0.6) is 5.75 Å². The average molecular weight is 514 g/mol. The van der Waals surface area contributed by atoms with Crippen molar-refractivity contribution in [2.75, 3.05) is 31.7 Å². The van der Waals surface area contributed by atoms with Gasteiger partial charge >= 0.3 is 11.9 Å². The number of unbranched alkanes of at least 4 members (excludes halogenated alkanes) is 2. The molecule has 2 atom stereocenters. The van der Waals surface area contributed by atoms with Crippen LogP contribution in [0.15, 0.2) is 49.1 Å². The third kappa shape index (κ3) is 7.03. The number of benzene rings is 2. The van der Waals surface area contributed by atoms with Gasteiger partial charge in [0, 0.05) is 24.0 Å². The smallest absolute Gasteiger partial charge is 0.313 e. The van der Waals surface area contributed by atoms with Crippen LogP contribution in [0.3, 0.4) is 0 Å². The van der Waals surface area contributed by atoms with Crippen LogP contribution < -0.4 is 9.64 Å². The number of nitrogens with zero attached hydrogens (tertiary/aromatic N) is 1. The first kappa shape index (κ1) is 27.6. The van der Waals surface area contributed by atoms with Crippen LogP contribution in [-0.4, -0.2) is 43.9 Å². The van der Waals surface area contributed by atoms with E-state index < -0.39 is 17.9 Å². The van der Waals surface area contributed by atoms with Gasteiger partial charge < -0.3 is 19.5 Å². The lowest BCUT2D eigenvalue weighted by Crippen LogP contribution is -2.30. The molecular formula is C29H36ClNO5. The number of carbonyl (C=O) groups is 2. The molecular weight excluding hydrogens is 478 g/mol. The highest BCUT2D eigenvalue weighted by atomic mass is 35.5. The summed E-state index contributed by atoms with van der Waals surface area (Å²) in [5.74, 6) is -1.63. The molecule has 1 heterocycles. The third-order valence-corrected chi connectivity index (χ3v) is 6.86. The first-order chi connectivity index (χ1) is 17.4. The normalized spacial score (nSPS) is 15.9. The number of aryl methyl sites for hydroxylation is 1. The summed E-state index contributed by atoms with van der Waals surface area (Å²) in [6, 6.07) is 11.6. The Labute approximate surface area is 218 Å². The zero-order valence-electron chi connectivity index (χ0n) is 21.2. The second-order valence-corrected chi connectivity index (χ2v) is 9.67. The number of esters is 1. The van der Waals surface area contributed by atoms with Gasteiger partial charge in [-0.3, -0.25) is 9.59 Å². The molecule has 0 spiro atoms. The topological polar surface area (TPSA) is 76.1 Å². The number of hydrogen-bond donors (Lipinski definition) is 1. The lowest BCUT2D eigenvalue weighted by molar-refractivity contribution is -0.147. The van der Waals surface area contributed by atoms with Gasteiger partial charge in [0.15, 0.2) is 0 Å². The monoisotopic (exact) mass is 513 g/mol. The van der Waals surface area contributed by atoms with Gasteiger partial charge in [-0.1, -0.05) is 43.2 Å². The second kappa shape index (κ2) is 13.4. The van der Waals surface area contributed by atoms with E-state index in [0.29, 0.717) is 12.2 Å². The predicted molar refractivity (Wildman–Crippen MR) is 143 cm³/mol. The van der Waals surface area contributed by atoms with Gasteiger partial charge in [-0.2, -0.15) is 0 Å². The minimum absolute atomic E-state index is 0.134. The van der Waals surface area contributed by atoms with Crippen molar-refractivity contribution in [2.45, 2.75) is 57.3 Å². The molecule has 2 unspecified atom stereocenters. The molecule has 1 aliphatic heterocycles. The number of rotatable bonds is 12. The first-order valence-electron chi connectivity index (χ1n) is 12.6. The van der Waals surface area contributed by atoms with Crippen LogP contribution >= 0.6 is 11.6 Å². The maximum Gasteiger partial charge on any atom is 0.313 e. The highest BCUT2D eigenvalue weighted by Gasteiger charge is 2.29. The minimum Gasteiger partial charge on any atom is -0.491 e. The lowest BCUT2D eigenvalue weighted by Gasteiger charge is -2.28. The molecule has 0 fully saturated rings. The van der Waals surface area contributed by atoms with Crippen LogP contribution in [0.2, 0.25) is 5.02 Å². The molecule has 0 aromatic heterocycles. The standard InChI is InChI=1S/C29H36ClNO5/c1-4-6-7-8-14-31-18-22(24-12-11-23(30)15-20(24)9-5-2)19-36-27-13-10-21(16-26(27)31)25(17-28(32)33)29(34)35-3/h4,10-13,15-16,22,25H,1,5-9,14,17-19H2,2-3H3,(H,32,33). The molecule has 7 heteroatoms. The van der Waals surface area contributed by atoms with Gasteiger partial charge in [0.25, 0.3) is 0 Å². The van der Waals surface area contributed by atoms with E-state index in [1.54, 1.807) is 6.07 Å². The number of methoxy groups -OCH3 is 1. The Morgan fingerprint density at radius 1 is 1.28 bits per heavy atom. The van der Waals surface area contributed by atoms with Crippen molar-refractivity contribution < 1.29 is 24.2 Å². The maximum atomic E-state index is 12.4. The highest BCUT2D eigenvalue weighted by Crippen LogP contribution is 2.39. The summed E-state index contributed by atoms with van der Waals surface area (Å²) in [6.45, 7) is 8.05. The minimum atomic E-state index is -1.05. The molecule has 0 aliphatic carbocycles. The summed E-state index contributed by atoms with van der Waals surface area (Å²) in [5, 5.41) is 10.1. The van der Waals surface area contributed by atoms with Crippen molar-refractivity contribution in [1.29, 1.82) is 0 Å². The predicted octanol–water partition coefficient (Wildman–Crippen LogP) is 6.36. The number of ether oxygens (including phenoxy) is 2. The molecule has 6 nitrogen and oxygen atoms in total. The van der Waals surface area contributed by atoms with Crippen LogP contribution in [0, 0.1) is 0 Å². The average Bonchev–Trinajstić information content (AvgIpc) is 3.04. The van der Waals surface area contributed by atoms with E-state index >= 15 is 0 Å². The van der Waals surface area contributed by atoms with Crippen LogP contribution in [0.1, 0.15) is 67.6 Å². The van der Waals surface area contributed by atoms with E-state index in [1.165, 1.54) is 18.2 Å². The molecule has 0 radical (unpaired) electrons. The Morgan fingerprint density at radius 2 is 2.08 bits per heavy atom. The van der Waals surface area contributed by atoms with E-state index in [2.05, 4.69) is 30.5 Å². The molecule has 2 aromatic rings. The van der Waals surface area contributed by atoms with E-state index in [1.807, 2.05) is 24.3 Å². The number of hydrogen-bond acceptors (Lipinski definition) is 5. The van der Waals surface area contributed by atoms with Gasteiger partial charge in [0.05, 0.1) is 31.7 Å². The number of carboxylic acids is 1. The van der Waals surface area contributed by atoms with E-state index in [4.69, 9.17) is 21.1 Å². The van der Waals surface area contributed by atoms with Gasteiger partial charge in [-0.05, 0) is 66.6 Å². The molecule has 1 N–H and O–H groups in total. The third-order valence-electron chi connectivity index (χ3n) is 6.62. The van der Waals surface area contributed by atoms with Gasteiger partial charge in [0.1, 0.15) is 5.75 Å². The van der Waals surface area contributed by atoms with Crippen molar-refractivity contribution in [1.82, 2.24) is 0 Å².